The molecule has 2 aliphatic rings. The average Bonchev–Trinajstić information content (AvgIpc) is 3.39. The molecule has 2 amide bonds. The van der Waals surface area contributed by atoms with Gasteiger partial charge in [-0.25, -0.2) is 4.39 Å². The molecule has 24 heavy (non-hydrogen) atoms. The van der Waals surface area contributed by atoms with Crippen molar-refractivity contribution in [1.29, 1.82) is 0 Å². The average molecular weight is 333 g/mol. The van der Waals surface area contributed by atoms with E-state index in [9.17, 15) is 14.0 Å². The van der Waals surface area contributed by atoms with Crippen molar-refractivity contribution in [3.8, 4) is 0 Å². The van der Waals surface area contributed by atoms with Crippen molar-refractivity contribution in [3.63, 3.8) is 0 Å². The van der Waals surface area contributed by atoms with Gasteiger partial charge in [-0.2, -0.15) is 0 Å². The summed E-state index contributed by atoms with van der Waals surface area (Å²) in [5.41, 5.74) is 0.785. The summed E-state index contributed by atoms with van der Waals surface area (Å²) in [6.07, 6.45) is 3.54. The molecule has 0 radical (unpaired) electrons. The zero-order chi connectivity index (χ0) is 17.3. The standard InChI is InChI=1S/C18H24FN3O2/c1-21(2)16-6-5-13(11-15(16)19)17(23)20-14-7-9-22(10-8-14)18(24)12-3-4-12/h5-6,11-12,14H,3-4,7-10H2,1-2H3,(H,20,23). The Bertz CT molecular complexity index is 635. The first-order chi connectivity index (χ1) is 11.5. The van der Waals surface area contributed by atoms with Crippen LogP contribution in [-0.2, 0) is 4.79 Å². The van der Waals surface area contributed by atoms with Crippen LogP contribution < -0.4 is 10.2 Å². The lowest BCUT2D eigenvalue weighted by molar-refractivity contribution is -0.133. The van der Waals surface area contributed by atoms with E-state index in [-0.39, 0.29) is 23.8 Å². The van der Waals surface area contributed by atoms with Crippen molar-refractivity contribution in [1.82, 2.24) is 10.2 Å². The van der Waals surface area contributed by atoms with E-state index < -0.39 is 5.82 Å². The Labute approximate surface area is 141 Å². The van der Waals surface area contributed by atoms with Gasteiger partial charge in [0.25, 0.3) is 5.91 Å². The van der Waals surface area contributed by atoms with Crippen molar-refractivity contribution in [2.45, 2.75) is 31.7 Å². The molecule has 1 aliphatic carbocycles. The predicted molar refractivity (Wildman–Crippen MR) is 90.5 cm³/mol. The predicted octanol–water partition coefficient (Wildman–Crippen LogP) is 2.02. The number of amides is 2. The summed E-state index contributed by atoms with van der Waals surface area (Å²) < 4.78 is 14.0. The minimum atomic E-state index is -0.405. The van der Waals surface area contributed by atoms with Crippen LogP contribution in [-0.4, -0.2) is 49.9 Å². The molecule has 2 fully saturated rings. The van der Waals surface area contributed by atoms with Gasteiger partial charge in [-0.05, 0) is 43.9 Å². The second kappa shape index (κ2) is 6.79. The minimum Gasteiger partial charge on any atom is -0.375 e. The molecule has 1 heterocycles. The number of halogens is 1. The van der Waals surface area contributed by atoms with Crippen molar-refractivity contribution < 1.29 is 14.0 Å². The van der Waals surface area contributed by atoms with Gasteiger partial charge in [0.15, 0.2) is 0 Å². The fourth-order valence-corrected chi connectivity index (χ4v) is 3.11. The topological polar surface area (TPSA) is 52.7 Å². The Balaban J connectivity index is 1.54. The monoisotopic (exact) mass is 333 g/mol. The molecule has 130 valence electrons. The van der Waals surface area contributed by atoms with Crippen molar-refractivity contribution in [2.75, 3.05) is 32.1 Å². The van der Waals surface area contributed by atoms with Crippen molar-refractivity contribution in [3.05, 3.63) is 29.6 Å². The van der Waals surface area contributed by atoms with Gasteiger partial charge in [0.2, 0.25) is 5.91 Å². The van der Waals surface area contributed by atoms with Crippen LogP contribution in [0.5, 0.6) is 0 Å². The number of hydrogen-bond donors (Lipinski definition) is 1. The summed E-state index contributed by atoms with van der Waals surface area (Å²) >= 11 is 0. The van der Waals surface area contributed by atoms with Crippen LogP contribution in [0.15, 0.2) is 18.2 Å². The van der Waals surface area contributed by atoms with E-state index in [1.165, 1.54) is 6.07 Å². The molecule has 1 saturated heterocycles. The zero-order valence-electron chi connectivity index (χ0n) is 14.2. The van der Waals surface area contributed by atoms with Crippen LogP contribution in [0.2, 0.25) is 0 Å². The van der Waals surface area contributed by atoms with Gasteiger partial charge in [-0.15, -0.1) is 0 Å². The summed E-state index contributed by atoms with van der Waals surface area (Å²) in [5, 5.41) is 2.96. The maximum absolute atomic E-state index is 14.0. The second-order valence-electron chi connectivity index (χ2n) is 6.91. The Morgan fingerprint density at radius 3 is 2.38 bits per heavy atom. The third kappa shape index (κ3) is 3.68. The molecule has 0 aromatic heterocycles. The number of nitrogens with one attached hydrogen (secondary N) is 1. The smallest absolute Gasteiger partial charge is 0.251 e. The van der Waals surface area contributed by atoms with E-state index in [0.29, 0.717) is 24.3 Å². The highest BCUT2D eigenvalue weighted by molar-refractivity contribution is 5.94. The van der Waals surface area contributed by atoms with E-state index >= 15 is 0 Å². The van der Waals surface area contributed by atoms with E-state index in [1.807, 2.05) is 4.90 Å². The first-order valence-corrected chi connectivity index (χ1v) is 8.52. The summed E-state index contributed by atoms with van der Waals surface area (Å²) in [4.78, 5) is 27.9. The summed E-state index contributed by atoms with van der Waals surface area (Å²) in [7, 11) is 3.52. The van der Waals surface area contributed by atoms with Gasteiger partial charge in [-0.1, -0.05) is 0 Å². The molecule has 5 nitrogen and oxygen atoms in total. The molecule has 1 aliphatic heterocycles. The SMILES string of the molecule is CN(C)c1ccc(C(=O)NC2CCN(C(=O)C3CC3)CC2)cc1F. The van der Waals surface area contributed by atoms with Crippen molar-refractivity contribution >= 4 is 17.5 Å². The number of anilines is 1. The van der Waals surface area contributed by atoms with Crippen LogP contribution in [0.4, 0.5) is 10.1 Å². The molecule has 1 N–H and O–H groups in total. The summed E-state index contributed by atoms with van der Waals surface area (Å²) in [6, 6.07) is 4.56. The zero-order valence-corrected chi connectivity index (χ0v) is 14.2. The Morgan fingerprint density at radius 1 is 1.17 bits per heavy atom. The lowest BCUT2D eigenvalue weighted by Gasteiger charge is -2.32. The molecule has 0 bridgehead atoms. The number of carbonyl (C=O) groups excluding carboxylic acids is 2. The third-order valence-corrected chi connectivity index (χ3v) is 4.76. The number of carbonyl (C=O) groups is 2. The highest BCUT2D eigenvalue weighted by Crippen LogP contribution is 2.31. The summed E-state index contributed by atoms with van der Waals surface area (Å²) in [6.45, 7) is 1.38. The van der Waals surface area contributed by atoms with Crippen LogP contribution in [0.3, 0.4) is 0 Å². The molecule has 6 heteroatoms. The Morgan fingerprint density at radius 2 is 1.83 bits per heavy atom. The third-order valence-electron chi connectivity index (χ3n) is 4.76. The quantitative estimate of drug-likeness (QED) is 0.917. The maximum atomic E-state index is 14.0. The number of rotatable bonds is 4. The van der Waals surface area contributed by atoms with Gasteiger partial charge in [0.1, 0.15) is 5.82 Å². The molecule has 1 aromatic carbocycles. The van der Waals surface area contributed by atoms with E-state index in [2.05, 4.69) is 5.32 Å². The molecular weight excluding hydrogens is 309 g/mol. The Hall–Kier alpha value is -2.11. The molecule has 0 spiro atoms. The van der Waals surface area contributed by atoms with Gasteiger partial charge in [0.05, 0.1) is 5.69 Å². The first-order valence-electron chi connectivity index (χ1n) is 8.52. The minimum absolute atomic E-state index is 0.0392. The van der Waals surface area contributed by atoms with Gasteiger partial charge >= 0.3 is 0 Å². The number of hydrogen-bond acceptors (Lipinski definition) is 3. The van der Waals surface area contributed by atoms with Gasteiger partial charge in [-0.3, -0.25) is 9.59 Å². The molecule has 1 saturated carbocycles. The van der Waals surface area contributed by atoms with Crippen LogP contribution >= 0.6 is 0 Å². The molecule has 0 unspecified atom stereocenters. The van der Waals surface area contributed by atoms with E-state index in [0.717, 1.165) is 25.7 Å². The number of benzene rings is 1. The first kappa shape index (κ1) is 16.7. The second-order valence-corrected chi connectivity index (χ2v) is 6.91. The number of nitrogens with zero attached hydrogens (tertiary/aromatic N) is 2. The largest absolute Gasteiger partial charge is 0.375 e. The fraction of sp³-hybridized carbons (Fsp3) is 0.556. The van der Waals surface area contributed by atoms with Crippen LogP contribution in [0.25, 0.3) is 0 Å². The Kier molecular flexibility index (Phi) is 4.73. The van der Waals surface area contributed by atoms with E-state index in [1.54, 1.807) is 31.1 Å². The van der Waals surface area contributed by atoms with Gasteiger partial charge in [0, 0.05) is 44.7 Å². The number of piperidine rings is 1. The van der Waals surface area contributed by atoms with Crippen molar-refractivity contribution in [2.24, 2.45) is 5.92 Å². The molecular formula is C18H24FN3O2. The molecule has 0 atom stereocenters. The fourth-order valence-electron chi connectivity index (χ4n) is 3.11. The van der Waals surface area contributed by atoms with Gasteiger partial charge < -0.3 is 15.1 Å². The lowest BCUT2D eigenvalue weighted by Crippen LogP contribution is -2.47. The number of likely N-dealkylation sites (tertiary alicyclic amines) is 1. The lowest BCUT2D eigenvalue weighted by atomic mass is 10.0. The van der Waals surface area contributed by atoms with Crippen LogP contribution in [0, 0.1) is 11.7 Å². The summed E-state index contributed by atoms with van der Waals surface area (Å²) in [5.74, 6) is -0.154. The normalized spacial score (nSPS) is 18.4. The molecule has 1 aromatic rings. The highest BCUT2D eigenvalue weighted by Gasteiger charge is 2.35. The highest BCUT2D eigenvalue weighted by atomic mass is 19.1. The molecule has 3 rings (SSSR count). The maximum Gasteiger partial charge on any atom is 0.251 e. The van der Waals surface area contributed by atoms with E-state index in [4.69, 9.17) is 0 Å². The van der Waals surface area contributed by atoms with Crippen LogP contribution in [0.1, 0.15) is 36.0 Å².